The van der Waals surface area contributed by atoms with Gasteiger partial charge in [0.1, 0.15) is 5.82 Å². The van der Waals surface area contributed by atoms with Crippen LogP contribution in [0.2, 0.25) is 0 Å². The first kappa shape index (κ1) is 25.6. The second-order valence-electron chi connectivity index (χ2n) is 10.3. The van der Waals surface area contributed by atoms with Gasteiger partial charge in [-0.25, -0.2) is 4.39 Å². The van der Waals surface area contributed by atoms with E-state index in [1.807, 2.05) is 12.1 Å². The van der Waals surface area contributed by atoms with Crippen LogP contribution < -0.4 is 0 Å². The molecule has 1 fully saturated rings. The molecule has 0 spiro atoms. The van der Waals surface area contributed by atoms with Crippen molar-refractivity contribution in [3.05, 3.63) is 83.7 Å². The number of rotatable bonds is 11. The monoisotopic (exact) mass is 472 g/mol. The summed E-state index contributed by atoms with van der Waals surface area (Å²) in [6.07, 6.45) is 12.8. The van der Waals surface area contributed by atoms with Gasteiger partial charge in [0.15, 0.2) is 0 Å². The Morgan fingerprint density at radius 1 is 0.771 bits per heavy atom. The van der Waals surface area contributed by atoms with E-state index in [2.05, 4.69) is 55.5 Å². The van der Waals surface area contributed by atoms with Gasteiger partial charge in [0.2, 0.25) is 0 Å². The molecule has 0 saturated heterocycles. The van der Waals surface area contributed by atoms with Crippen molar-refractivity contribution in [2.45, 2.75) is 77.0 Å². The van der Waals surface area contributed by atoms with Crippen molar-refractivity contribution in [1.29, 1.82) is 0 Å². The molecule has 4 rings (SSSR count). The van der Waals surface area contributed by atoms with E-state index in [9.17, 15) is 0 Å². The van der Waals surface area contributed by atoms with Gasteiger partial charge in [-0.3, -0.25) is 0 Å². The van der Waals surface area contributed by atoms with Crippen LogP contribution in [0.5, 0.6) is 0 Å². The molecule has 0 aliphatic heterocycles. The van der Waals surface area contributed by atoms with E-state index in [0.29, 0.717) is 11.5 Å². The van der Waals surface area contributed by atoms with Crippen LogP contribution in [0.1, 0.15) is 81.8 Å². The molecule has 0 unspecified atom stereocenters. The molecule has 2 heteroatoms. The van der Waals surface area contributed by atoms with Gasteiger partial charge in [0.05, 0.1) is 0 Å². The summed E-state index contributed by atoms with van der Waals surface area (Å²) in [5, 5.41) is 0. The van der Waals surface area contributed by atoms with Gasteiger partial charge in [-0.1, -0.05) is 93.3 Å². The fraction of sp³-hybridized carbons (Fsp3) is 0.455. The zero-order valence-electron chi connectivity index (χ0n) is 21.6. The molecule has 0 N–H and O–H groups in total. The normalized spacial score (nSPS) is 18.0. The van der Waals surface area contributed by atoms with Crippen molar-refractivity contribution in [2.75, 3.05) is 13.7 Å². The third-order valence-corrected chi connectivity index (χ3v) is 7.83. The summed E-state index contributed by atoms with van der Waals surface area (Å²) >= 11 is 0. The summed E-state index contributed by atoms with van der Waals surface area (Å²) in [7, 11) is 1.73. The first-order valence-corrected chi connectivity index (χ1v) is 13.7. The molecule has 0 aromatic heterocycles. The average molecular weight is 473 g/mol. The summed E-state index contributed by atoms with van der Waals surface area (Å²) in [4.78, 5) is 0. The molecule has 1 aliphatic carbocycles. The highest BCUT2D eigenvalue weighted by atomic mass is 19.1. The zero-order chi connectivity index (χ0) is 24.5. The van der Waals surface area contributed by atoms with E-state index in [-0.39, 0.29) is 5.82 Å². The highest BCUT2D eigenvalue weighted by molar-refractivity contribution is 5.71. The number of halogens is 1. The lowest BCUT2D eigenvalue weighted by molar-refractivity contribution is 0.195. The maximum atomic E-state index is 15.1. The third-order valence-electron chi connectivity index (χ3n) is 7.83. The van der Waals surface area contributed by atoms with E-state index in [0.717, 1.165) is 42.1 Å². The largest absolute Gasteiger partial charge is 0.385 e. The maximum absolute atomic E-state index is 15.1. The number of unbranched alkanes of at least 4 members (excludes halogenated alkanes) is 2. The van der Waals surface area contributed by atoms with Gasteiger partial charge in [0.25, 0.3) is 0 Å². The van der Waals surface area contributed by atoms with Crippen molar-refractivity contribution in [3.63, 3.8) is 0 Å². The van der Waals surface area contributed by atoms with Crippen molar-refractivity contribution in [2.24, 2.45) is 5.92 Å². The number of benzene rings is 3. The topological polar surface area (TPSA) is 9.23 Å². The van der Waals surface area contributed by atoms with Crippen LogP contribution >= 0.6 is 0 Å². The maximum Gasteiger partial charge on any atom is 0.131 e. The first-order chi connectivity index (χ1) is 17.2. The summed E-state index contributed by atoms with van der Waals surface area (Å²) in [6, 6.07) is 22.7. The Morgan fingerprint density at radius 2 is 1.46 bits per heavy atom. The first-order valence-electron chi connectivity index (χ1n) is 13.7. The molecule has 0 heterocycles. The molecule has 0 radical (unpaired) electrons. The van der Waals surface area contributed by atoms with Crippen LogP contribution in [-0.4, -0.2) is 13.7 Å². The minimum Gasteiger partial charge on any atom is -0.385 e. The lowest BCUT2D eigenvalue weighted by Gasteiger charge is -2.29. The van der Waals surface area contributed by atoms with Gasteiger partial charge in [-0.05, 0) is 84.2 Å². The van der Waals surface area contributed by atoms with Crippen LogP contribution in [-0.2, 0) is 11.2 Å². The van der Waals surface area contributed by atoms with E-state index in [1.54, 1.807) is 13.2 Å². The summed E-state index contributed by atoms with van der Waals surface area (Å²) in [5.41, 5.74) is 6.31. The summed E-state index contributed by atoms with van der Waals surface area (Å²) in [6.45, 7) is 3.06. The van der Waals surface area contributed by atoms with E-state index in [4.69, 9.17) is 4.74 Å². The van der Waals surface area contributed by atoms with Gasteiger partial charge >= 0.3 is 0 Å². The Morgan fingerprint density at radius 3 is 2.11 bits per heavy atom. The Kier molecular flexibility index (Phi) is 9.54. The number of aryl methyl sites for hydroxylation is 1. The lowest BCUT2D eigenvalue weighted by Crippen LogP contribution is -2.13. The molecule has 1 aliphatic rings. The van der Waals surface area contributed by atoms with Crippen LogP contribution in [0.25, 0.3) is 22.3 Å². The number of methoxy groups -OCH3 is 1. The summed E-state index contributed by atoms with van der Waals surface area (Å²) in [5.74, 6) is 1.43. The molecule has 186 valence electrons. The number of ether oxygens (including phenoxy) is 1. The Labute approximate surface area is 211 Å². The van der Waals surface area contributed by atoms with Gasteiger partial charge in [0, 0.05) is 19.3 Å². The van der Waals surface area contributed by atoms with E-state index < -0.39 is 0 Å². The van der Waals surface area contributed by atoms with Crippen molar-refractivity contribution < 1.29 is 9.13 Å². The number of hydrogen-bond acceptors (Lipinski definition) is 1. The zero-order valence-corrected chi connectivity index (χ0v) is 21.6. The quantitative estimate of drug-likeness (QED) is 0.252. The Bertz CT molecular complexity index is 1030. The minimum absolute atomic E-state index is 0.160. The Hall–Kier alpha value is -2.45. The minimum atomic E-state index is -0.160. The average Bonchev–Trinajstić information content (AvgIpc) is 2.90. The molecule has 35 heavy (non-hydrogen) atoms. The fourth-order valence-corrected chi connectivity index (χ4v) is 5.62. The molecule has 0 atom stereocenters. The van der Waals surface area contributed by atoms with Crippen LogP contribution in [0.3, 0.4) is 0 Å². The predicted molar refractivity (Wildman–Crippen MR) is 146 cm³/mol. The fourth-order valence-electron chi connectivity index (χ4n) is 5.62. The highest BCUT2D eigenvalue weighted by Gasteiger charge is 2.22. The third kappa shape index (κ3) is 7.04. The van der Waals surface area contributed by atoms with Crippen molar-refractivity contribution in [1.82, 2.24) is 0 Å². The van der Waals surface area contributed by atoms with Crippen LogP contribution in [0, 0.1) is 11.7 Å². The van der Waals surface area contributed by atoms with Gasteiger partial charge < -0.3 is 4.74 Å². The number of hydrogen-bond donors (Lipinski definition) is 0. The second-order valence-corrected chi connectivity index (χ2v) is 10.3. The SMILES string of the molecule is CCCCCC1CCC(c2ccc(-c3ccc(-c4ccc(CCCOC)cc4)cc3F)cc2)CC1. The summed E-state index contributed by atoms with van der Waals surface area (Å²) < 4.78 is 20.2. The molecule has 0 amide bonds. The molecule has 0 bridgehead atoms. The van der Waals surface area contributed by atoms with E-state index in [1.165, 1.54) is 62.5 Å². The van der Waals surface area contributed by atoms with Gasteiger partial charge in [-0.15, -0.1) is 0 Å². The van der Waals surface area contributed by atoms with E-state index >= 15 is 4.39 Å². The molecule has 3 aromatic rings. The lowest BCUT2D eigenvalue weighted by atomic mass is 9.77. The molecule has 1 saturated carbocycles. The molecular formula is C33H41FO. The molecule has 1 nitrogen and oxygen atoms in total. The van der Waals surface area contributed by atoms with Crippen LogP contribution in [0.4, 0.5) is 4.39 Å². The smallest absolute Gasteiger partial charge is 0.131 e. The van der Waals surface area contributed by atoms with Crippen molar-refractivity contribution >= 4 is 0 Å². The highest BCUT2D eigenvalue weighted by Crippen LogP contribution is 2.38. The predicted octanol–water partition coefficient (Wildman–Crippen LogP) is 9.59. The molecule has 3 aromatic carbocycles. The standard InChI is InChI=1S/C33H41FO/c1-3-4-5-7-25-9-13-27(14-10-25)28-17-19-30(20-18-28)32-22-21-31(24-33(32)34)29-15-11-26(12-16-29)8-6-23-35-2/h11-12,15-22,24-25,27H,3-10,13-14,23H2,1-2H3. The van der Waals surface area contributed by atoms with Crippen LogP contribution in [0.15, 0.2) is 66.7 Å². The Balaban J connectivity index is 1.37. The molecular weight excluding hydrogens is 431 g/mol. The second kappa shape index (κ2) is 13.0. The van der Waals surface area contributed by atoms with Gasteiger partial charge in [-0.2, -0.15) is 0 Å². The van der Waals surface area contributed by atoms with Crippen molar-refractivity contribution in [3.8, 4) is 22.3 Å².